The molecule has 0 aromatic heterocycles. The predicted molar refractivity (Wildman–Crippen MR) is 101 cm³/mol. The van der Waals surface area contributed by atoms with Crippen LogP contribution in [0.4, 0.5) is 0 Å². The molecule has 1 amide bonds. The van der Waals surface area contributed by atoms with E-state index in [0.717, 1.165) is 4.31 Å². The summed E-state index contributed by atoms with van der Waals surface area (Å²) in [6.45, 7) is 0.744. The van der Waals surface area contributed by atoms with Crippen LogP contribution < -0.4 is 5.32 Å². The van der Waals surface area contributed by atoms with Gasteiger partial charge in [0.25, 0.3) is 0 Å². The van der Waals surface area contributed by atoms with Gasteiger partial charge in [-0.3, -0.25) is 9.59 Å². The van der Waals surface area contributed by atoms with E-state index in [4.69, 9.17) is 16.7 Å². The summed E-state index contributed by atoms with van der Waals surface area (Å²) in [6, 6.07) is 13.3. The van der Waals surface area contributed by atoms with Crippen molar-refractivity contribution < 1.29 is 23.1 Å². The lowest BCUT2D eigenvalue weighted by molar-refractivity contribution is -0.141. The molecule has 144 valence electrons. The lowest BCUT2D eigenvalue weighted by Crippen LogP contribution is -2.45. The van der Waals surface area contributed by atoms with Crippen molar-refractivity contribution in [3.63, 3.8) is 0 Å². The molecule has 2 rings (SSSR count). The third-order valence-corrected chi connectivity index (χ3v) is 5.78. The van der Waals surface area contributed by atoms with E-state index in [9.17, 15) is 18.0 Å². The summed E-state index contributed by atoms with van der Waals surface area (Å²) in [5, 5.41) is 11.6. The van der Waals surface area contributed by atoms with Gasteiger partial charge < -0.3 is 10.4 Å². The van der Waals surface area contributed by atoms with Gasteiger partial charge in [-0.15, -0.1) is 0 Å². The number of carbonyl (C=O) groups is 2. The third kappa shape index (κ3) is 5.78. The second-order valence-electron chi connectivity index (χ2n) is 5.84. The van der Waals surface area contributed by atoms with E-state index in [1.54, 1.807) is 30.3 Å². The maximum atomic E-state index is 13.0. The van der Waals surface area contributed by atoms with Crippen LogP contribution in [0.1, 0.15) is 12.5 Å². The van der Waals surface area contributed by atoms with Crippen LogP contribution in [0.5, 0.6) is 0 Å². The van der Waals surface area contributed by atoms with Crippen LogP contribution in [0.15, 0.2) is 59.5 Å². The number of benzene rings is 2. The monoisotopic (exact) mass is 410 g/mol. The summed E-state index contributed by atoms with van der Waals surface area (Å²) in [5.74, 6) is -1.92. The van der Waals surface area contributed by atoms with Gasteiger partial charge in [-0.05, 0) is 36.8 Å². The Morgan fingerprint density at radius 1 is 1.11 bits per heavy atom. The predicted octanol–water partition coefficient (Wildman–Crippen LogP) is 2.12. The van der Waals surface area contributed by atoms with E-state index in [0.29, 0.717) is 10.6 Å². The molecule has 0 radical (unpaired) electrons. The zero-order valence-corrected chi connectivity index (χ0v) is 16.1. The quantitative estimate of drug-likeness (QED) is 0.693. The number of carboxylic acids is 1. The van der Waals surface area contributed by atoms with Gasteiger partial charge in [-0.2, -0.15) is 4.31 Å². The number of halogens is 1. The number of nitrogens with zero attached hydrogens (tertiary/aromatic N) is 1. The van der Waals surface area contributed by atoms with Crippen LogP contribution in [-0.4, -0.2) is 42.3 Å². The molecule has 0 bridgehead atoms. The summed E-state index contributed by atoms with van der Waals surface area (Å²) in [4.78, 5) is 23.1. The SMILES string of the molecule is CC(NC(=O)CN(Cc1ccccc1)S(=O)(=O)c1ccc(Cl)cc1)C(=O)O. The molecule has 0 aliphatic heterocycles. The molecule has 2 N–H and O–H groups in total. The second-order valence-corrected chi connectivity index (χ2v) is 8.21. The second kappa shape index (κ2) is 8.98. The summed E-state index contributed by atoms with van der Waals surface area (Å²) < 4.78 is 27.0. The van der Waals surface area contributed by atoms with Crippen LogP contribution in [0, 0.1) is 0 Å². The van der Waals surface area contributed by atoms with Crippen molar-refractivity contribution in [2.45, 2.75) is 24.4 Å². The molecule has 9 heteroatoms. The molecule has 7 nitrogen and oxygen atoms in total. The number of nitrogens with one attached hydrogen (secondary N) is 1. The first-order valence-corrected chi connectivity index (χ1v) is 9.84. The number of sulfonamides is 1. The standard InChI is InChI=1S/C18H19ClN2O5S/c1-13(18(23)24)20-17(22)12-21(11-14-5-3-2-4-6-14)27(25,26)16-9-7-15(19)8-10-16/h2-10,13H,11-12H2,1H3,(H,20,22)(H,23,24). The summed E-state index contributed by atoms with van der Waals surface area (Å²) in [5.41, 5.74) is 0.689. The van der Waals surface area contributed by atoms with Gasteiger partial charge in [0.15, 0.2) is 0 Å². The van der Waals surface area contributed by atoms with E-state index in [2.05, 4.69) is 5.32 Å². The number of amides is 1. The molecular formula is C18H19ClN2O5S. The van der Waals surface area contributed by atoms with Gasteiger partial charge in [-0.1, -0.05) is 41.9 Å². The molecule has 2 aromatic rings. The van der Waals surface area contributed by atoms with Crippen molar-refractivity contribution in [2.24, 2.45) is 0 Å². The molecule has 0 saturated carbocycles. The fourth-order valence-electron chi connectivity index (χ4n) is 2.28. The minimum absolute atomic E-state index is 0.0121. The maximum Gasteiger partial charge on any atom is 0.325 e. The topological polar surface area (TPSA) is 104 Å². The molecule has 0 aliphatic carbocycles. The highest BCUT2D eigenvalue weighted by molar-refractivity contribution is 7.89. The summed E-state index contributed by atoms with van der Waals surface area (Å²) >= 11 is 5.81. The van der Waals surface area contributed by atoms with Crippen molar-refractivity contribution in [1.82, 2.24) is 9.62 Å². The average molecular weight is 411 g/mol. The van der Waals surface area contributed by atoms with Crippen LogP contribution in [0.25, 0.3) is 0 Å². The van der Waals surface area contributed by atoms with Gasteiger partial charge in [0.05, 0.1) is 11.4 Å². The first kappa shape index (κ1) is 20.9. The Morgan fingerprint density at radius 3 is 2.26 bits per heavy atom. The summed E-state index contributed by atoms with van der Waals surface area (Å²) in [6.07, 6.45) is 0. The zero-order valence-electron chi connectivity index (χ0n) is 14.5. The molecule has 0 fully saturated rings. The Bertz CT molecular complexity index is 901. The number of carbonyl (C=O) groups excluding carboxylic acids is 1. The van der Waals surface area contributed by atoms with E-state index in [-0.39, 0.29) is 11.4 Å². The van der Waals surface area contributed by atoms with Crippen molar-refractivity contribution in [3.05, 3.63) is 65.2 Å². The van der Waals surface area contributed by atoms with Gasteiger partial charge in [0, 0.05) is 11.6 Å². The highest BCUT2D eigenvalue weighted by Crippen LogP contribution is 2.20. The first-order chi connectivity index (χ1) is 12.7. The van der Waals surface area contributed by atoms with Crippen LogP contribution in [0.2, 0.25) is 5.02 Å². The van der Waals surface area contributed by atoms with Crippen LogP contribution in [0.3, 0.4) is 0 Å². The molecule has 0 aliphatic rings. The molecule has 1 unspecified atom stereocenters. The minimum atomic E-state index is -4.00. The van der Waals surface area contributed by atoms with Crippen molar-refractivity contribution in [2.75, 3.05) is 6.54 Å². The Kier molecular flexibility index (Phi) is 6.95. The average Bonchev–Trinajstić information content (AvgIpc) is 2.62. The van der Waals surface area contributed by atoms with Crippen molar-refractivity contribution in [3.8, 4) is 0 Å². The van der Waals surface area contributed by atoms with Gasteiger partial charge in [0.2, 0.25) is 15.9 Å². The number of hydrogen-bond acceptors (Lipinski definition) is 4. The molecule has 0 saturated heterocycles. The highest BCUT2D eigenvalue weighted by Gasteiger charge is 2.28. The molecule has 27 heavy (non-hydrogen) atoms. The fraction of sp³-hybridized carbons (Fsp3) is 0.222. The highest BCUT2D eigenvalue weighted by atomic mass is 35.5. The molecular weight excluding hydrogens is 392 g/mol. The molecule has 0 spiro atoms. The molecule has 1 atom stereocenters. The van der Waals surface area contributed by atoms with Gasteiger partial charge in [0.1, 0.15) is 6.04 Å². The summed E-state index contributed by atoms with van der Waals surface area (Å²) in [7, 11) is -4.00. The van der Waals surface area contributed by atoms with E-state index >= 15 is 0 Å². The van der Waals surface area contributed by atoms with Crippen molar-refractivity contribution in [1.29, 1.82) is 0 Å². The molecule has 2 aromatic carbocycles. The smallest absolute Gasteiger partial charge is 0.325 e. The Morgan fingerprint density at radius 2 is 1.70 bits per heavy atom. The minimum Gasteiger partial charge on any atom is -0.480 e. The third-order valence-electron chi connectivity index (χ3n) is 3.72. The number of rotatable bonds is 8. The van der Waals surface area contributed by atoms with Gasteiger partial charge in [-0.25, -0.2) is 8.42 Å². The first-order valence-electron chi connectivity index (χ1n) is 8.02. The van der Waals surface area contributed by atoms with E-state index < -0.39 is 34.5 Å². The molecule has 0 heterocycles. The zero-order chi connectivity index (χ0) is 20.0. The maximum absolute atomic E-state index is 13.0. The van der Waals surface area contributed by atoms with E-state index in [1.807, 2.05) is 0 Å². The normalized spacial score (nSPS) is 12.6. The Hall–Kier alpha value is -2.42. The lowest BCUT2D eigenvalue weighted by atomic mass is 10.2. The number of hydrogen-bond donors (Lipinski definition) is 2. The number of carboxylic acid groups (broad SMARTS) is 1. The van der Waals surface area contributed by atoms with Crippen molar-refractivity contribution >= 4 is 33.5 Å². The Balaban J connectivity index is 2.30. The number of aliphatic carboxylic acids is 1. The van der Waals surface area contributed by atoms with E-state index in [1.165, 1.54) is 31.2 Å². The lowest BCUT2D eigenvalue weighted by Gasteiger charge is -2.22. The largest absolute Gasteiger partial charge is 0.480 e. The van der Waals surface area contributed by atoms with Crippen LogP contribution in [-0.2, 0) is 26.2 Å². The Labute approximate surface area is 162 Å². The van der Waals surface area contributed by atoms with Crippen LogP contribution >= 0.6 is 11.6 Å². The van der Waals surface area contributed by atoms with Gasteiger partial charge >= 0.3 is 5.97 Å². The fourth-order valence-corrected chi connectivity index (χ4v) is 3.79.